The van der Waals surface area contributed by atoms with Crippen molar-refractivity contribution in [3.8, 4) is 5.75 Å². The lowest BCUT2D eigenvalue weighted by molar-refractivity contribution is 0.166. The summed E-state index contributed by atoms with van der Waals surface area (Å²) in [5.74, 6) is 3.54. The predicted octanol–water partition coefficient (Wildman–Crippen LogP) is 3.08. The van der Waals surface area contributed by atoms with Crippen molar-refractivity contribution in [2.45, 2.75) is 33.2 Å². The van der Waals surface area contributed by atoms with E-state index in [0.717, 1.165) is 37.0 Å². The largest absolute Gasteiger partial charge is 0.489 e. The highest BCUT2D eigenvalue weighted by Gasteiger charge is 2.23. The van der Waals surface area contributed by atoms with Crippen molar-refractivity contribution in [2.24, 2.45) is 5.92 Å². The lowest BCUT2D eigenvalue weighted by Crippen LogP contribution is -2.39. The van der Waals surface area contributed by atoms with Gasteiger partial charge < -0.3 is 4.74 Å². The number of aromatic nitrogens is 3. The third-order valence-corrected chi connectivity index (χ3v) is 5.12. The zero-order chi connectivity index (χ0) is 17.2. The van der Waals surface area contributed by atoms with Gasteiger partial charge in [0, 0.05) is 25.2 Å². The van der Waals surface area contributed by atoms with Crippen LogP contribution in [0.3, 0.4) is 0 Å². The Morgan fingerprint density at radius 2 is 2.12 bits per heavy atom. The minimum absolute atomic E-state index is 0.644. The number of aryl methyl sites for hydroxylation is 2. The zero-order valence-electron chi connectivity index (χ0n) is 15.1. The number of benzene rings is 1. The molecule has 132 valence electrons. The average Bonchev–Trinajstić information content (AvgIpc) is 2.92. The summed E-state index contributed by atoms with van der Waals surface area (Å²) in [5, 5.41) is 4.53. The topological polar surface area (TPSA) is 43.2 Å². The molecule has 1 fully saturated rings. The van der Waals surface area contributed by atoms with Gasteiger partial charge in [-0.05, 0) is 56.9 Å². The summed E-state index contributed by atoms with van der Waals surface area (Å²) < 4.78 is 7.97. The molecule has 5 heteroatoms. The Bertz CT molecular complexity index is 780. The summed E-state index contributed by atoms with van der Waals surface area (Å²) in [6.45, 7) is 8.98. The van der Waals surface area contributed by atoms with E-state index in [9.17, 15) is 0 Å². The first-order valence-electron chi connectivity index (χ1n) is 9.19. The fraction of sp³-hybridized carbons (Fsp3) is 0.500. The van der Waals surface area contributed by atoms with Gasteiger partial charge in [0.15, 0.2) is 0 Å². The van der Waals surface area contributed by atoms with Crippen LogP contribution in [-0.2, 0) is 6.54 Å². The maximum Gasteiger partial charge on any atom is 0.147 e. The van der Waals surface area contributed by atoms with E-state index in [-0.39, 0.29) is 0 Å². The van der Waals surface area contributed by atoms with Crippen molar-refractivity contribution in [1.29, 1.82) is 0 Å². The van der Waals surface area contributed by atoms with Gasteiger partial charge in [0.05, 0.1) is 0 Å². The Hall–Kier alpha value is -2.14. The lowest BCUT2D eigenvalue weighted by Gasteiger charge is -2.34. The van der Waals surface area contributed by atoms with E-state index in [2.05, 4.69) is 37.9 Å². The van der Waals surface area contributed by atoms with Gasteiger partial charge in [-0.2, -0.15) is 5.10 Å². The molecule has 2 aliphatic rings. The molecule has 25 heavy (non-hydrogen) atoms. The fourth-order valence-corrected chi connectivity index (χ4v) is 3.96. The number of nitrogens with zero attached hydrogens (tertiary/aromatic N) is 4. The monoisotopic (exact) mass is 338 g/mol. The van der Waals surface area contributed by atoms with Crippen molar-refractivity contribution in [1.82, 2.24) is 19.7 Å². The first-order valence-corrected chi connectivity index (χ1v) is 9.19. The van der Waals surface area contributed by atoms with Crippen LogP contribution in [0.5, 0.6) is 5.75 Å². The van der Waals surface area contributed by atoms with Crippen LogP contribution in [0, 0.1) is 19.8 Å². The molecule has 0 N–H and O–H groups in total. The molecule has 0 bridgehead atoms. The minimum Gasteiger partial charge on any atom is -0.489 e. The highest BCUT2D eigenvalue weighted by atomic mass is 16.5. The highest BCUT2D eigenvalue weighted by Crippen LogP contribution is 2.27. The van der Waals surface area contributed by atoms with Crippen LogP contribution in [-0.4, -0.2) is 45.9 Å². The molecule has 0 saturated carbocycles. The second-order valence-corrected chi connectivity index (χ2v) is 7.26. The number of hydrogen-bond acceptors (Lipinski definition) is 4. The Balaban J connectivity index is 1.39. The molecular weight excluding hydrogens is 312 g/mol. The van der Waals surface area contributed by atoms with E-state index in [1.165, 1.54) is 30.5 Å². The Morgan fingerprint density at radius 3 is 2.96 bits per heavy atom. The first-order chi connectivity index (χ1) is 12.2. The molecule has 1 aromatic carbocycles. The SMILES string of the molecule is Cc1nc(C)n(CC2CCCN(CC3=Cc4ccccc4OC3)C2)n1. The van der Waals surface area contributed by atoms with Crippen LogP contribution >= 0.6 is 0 Å². The predicted molar refractivity (Wildman–Crippen MR) is 98.6 cm³/mol. The quantitative estimate of drug-likeness (QED) is 0.859. The van der Waals surface area contributed by atoms with Crippen LogP contribution < -0.4 is 4.74 Å². The van der Waals surface area contributed by atoms with Crippen LogP contribution in [0.25, 0.3) is 6.08 Å². The molecule has 0 spiro atoms. The normalized spacial score (nSPS) is 20.7. The summed E-state index contributed by atoms with van der Waals surface area (Å²) >= 11 is 0. The molecule has 0 amide bonds. The van der Waals surface area contributed by atoms with Gasteiger partial charge in [-0.1, -0.05) is 18.2 Å². The average molecular weight is 338 g/mol. The van der Waals surface area contributed by atoms with Gasteiger partial charge in [-0.15, -0.1) is 0 Å². The number of para-hydroxylation sites is 1. The number of hydrogen-bond donors (Lipinski definition) is 0. The van der Waals surface area contributed by atoms with Crippen LogP contribution in [0.15, 0.2) is 29.8 Å². The first kappa shape index (κ1) is 16.3. The Kier molecular flexibility index (Phi) is 4.57. The fourth-order valence-electron chi connectivity index (χ4n) is 3.96. The van der Waals surface area contributed by atoms with Crippen LogP contribution in [0.4, 0.5) is 0 Å². The smallest absolute Gasteiger partial charge is 0.147 e. The minimum atomic E-state index is 0.644. The van der Waals surface area contributed by atoms with Crippen molar-refractivity contribution in [3.63, 3.8) is 0 Å². The summed E-state index contributed by atoms with van der Waals surface area (Å²) in [6, 6.07) is 8.27. The van der Waals surface area contributed by atoms with Crippen molar-refractivity contribution < 1.29 is 4.74 Å². The molecule has 4 rings (SSSR count). The summed E-state index contributed by atoms with van der Waals surface area (Å²) in [4.78, 5) is 6.99. The van der Waals surface area contributed by atoms with E-state index < -0.39 is 0 Å². The van der Waals surface area contributed by atoms with Gasteiger partial charge in [-0.3, -0.25) is 4.90 Å². The molecular formula is C20H26N4O. The van der Waals surface area contributed by atoms with E-state index in [1.54, 1.807) is 0 Å². The molecule has 5 nitrogen and oxygen atoms in total. The van der Waals surface area contributed by atoms with E-state index in [0.29, 0.717) is 12.5 Å². The lowest BCUT2D eigenvalue weighted by atomic mass is 9.97. The summed E-state index contributed by atoms with van der Waals surface area (Å²) in [7, 11) is 0. The van der Waals surface area contributed by atoms with E-state index >= 15 is 0 Å². The number of likely N-dealkylation sites (tertiary alicyclic amines) is 1. The van der Waals surface area contributed by atoms with Gasteiger partial charge in [-0.25, -0.2) is 9.67 Å². The van der Waals surface area contributed by atoms with Crippen molar-refractivity contribution in [2.75, 3.05) is 26.2 Å². The van der Waals surface area contributed by atoms with E-state index in [4.69, 9.17) is 4.74 Å². The third-order valence-electron chi connectivity index (χ3n) is 5.12. The van der Waals surface area contributed by atoms with Gasteiger partial charge >= 0.3 is 0 Å². The molecule has 1 unspecified atom stereocenters. The van der Waals surface area contributed by atoms with Crippen molar-refractivity contribution in [3.05, 3.63) is 47.1 Å². The molecule has 0 radical (unpaired) electrons. The highest BCUT2D eigenvalue weighted by molar-refractivity contribution is 5.62. The Morgan fingerprint density at radius 1 is 1.24 bits per heavy atom. The molecule has 2 aliphatic heterocycles. The molecule has 0 aliphatic carbocycles. The molecule has 1 atom stereocenters. The summed E-state index contributed by atoms with van der Waals surface area (Å²) in [6.07, 6.45) is 4.82. The second-order valence-electron chi connectivity index (χ2n) is 7.26. The van der Waals surface area contributed by atoms with Crippen LogP contribution in [0.2, 0.25) is 0 Å². The molecule has 1 saturated heterocycles. The molecule has 1 aromatic heterocycles. The maximum absolute atomic E-state index is 5.90. The second kappa shape index (κ2) is 7.00. The van der Waals surface area contributed by atoms with Gasteiger partial charge in [0.1, 0.15) is 24.0 Å². The third kappa shape index (κ3) is 3.76. The number of ether oxygens (including phenoxy) is 1. The van der Waals surface area contributed by atoms with Gasteiger partial charge in [0.2, 0.25) is 0 Å². The Labute approximate surface area is 149 Å². The van der Waals surface area contributed by atoms with Crippen LogP contribution in [0.1, 0.15) is 30.1 Å². The zero-order valence-corrected chi connectivity index (χ0v) is 15.1. The summed E-state index contributed by atoms with van der Waals surface area (Å²) in [5.41, 5.74) is 2.57. The molecule has 2 aromatic rings. The van der Waals surface area contributed by atoms with E-state index in [1.807, 2.05) is 26.0 Å². The standard InChI is InChI=1S/C20H26N4O/c1-15-21-16(2)24(22-15)13-17-6-5-9-23(11-17)12-18-10-19-7-3-4-8-20(19)25-14-18/h3-4,7-8,10,17H,5-6,9,11-14H2,1-2H3. The number of fused-ring (bicyclic) bond motifs is 1. The maximum atomic E-state index is 5.90. The number of piperidine rings is 1. The number of rotatable bonds is 4. The molecule has 3 heterocycles. The van der Waals surface area contributed by atoms with Gasteiger partial charge in [0.25, 0.3) is 0 Å². The van der Waals surface area contributed by atoms with Crippen molar-refractivity contribution >= 4 is 6.08 Å².